The van der Waals surface area contributed by atoms with Crippen molar-refractivity contribution in [3.8, 4) is 17.2 Å². The van der Waals surface area contributed by atoms with E-state index in [0.717, 1.165) is 12.0 Å². The van der Waals surface area contributed by atoms with Gasteiger partial charge in [0.1, 0.15) is 17.9 Å². The number of esters is 1. The molecule has 2 aromatic carbocycles. The van der Waals surface area contributed by atoms with E-state index in [1.807, 2.05) is 25.1 Å². The second kappa shape index (κ2) is 14.7. The lowest BCUT2D eigenvalue weighted by atomic mass is 9.84. The van der Waals surface area contributed by atoms with Gasteiger partial charge in [0.05, 0.1) is 14.2 Å². The fraction of sp³-hybridized carbons (Fsp3) is 0.500. The number of aliphatic carboxylic acids is 1. The lowest BCUT2D eigenvalue weighted by molar-refractivity contribution is -0.164. The Balaban J connectivity index is 1.84. The topological polar surface area (TPSA) is 129 Å². The smallest absolute Gasteiger partial charge is 0.341 e. The molecule has 228 valence electrons. The van der Waals surface area contributed by atoms with Crippen LogP contribution in [0, 0.1) is 5.41 Å². The summed E-state index contributed by atoms with van der Waals surface area (Å²) in [5.74, 6) is -1.26. The SMILES string of the molecule is CCC(C)(C)C(=O)C(=O)N1CCCC[C@H]1C(=O)O[C@H](CCc1ccc(OC)c(OC)c1)c1ccc(OCC(=O)O)cc1. The molecular formula is C32H41NO9. The maximum absolute atomic E-state index is 13.6. The van der Waals surface area contributed by atoms with Crippen molar-refractivity contribution in [3.63, 3.8) is 0 Å². The number of ketones is 1. The number of aryl methyl sites for hydroxylation is 1. The Morgan fingerprint density at radius 3 is 2.31 bits per heavy atom. The number of nitrogens with zero attached hydrogens (tertiary/aromatic N) is 1. The zero-order valence-corrected chi connectivity index (χ0v) is 25.0. The van der Waals surface area contributed by atoms with Crippen LogP contribution >= 0.6 is 0 Å². The Morgan fingerprint density at radius 1 is 1.00 bits per heavy atom. The van der Waals surface area contributed by atoms with Gasteiger partial charge in [-0.15, -0.1) is 0 Å². The first kappa shape index (κ1) is 32.4. The van der Waals surface area contributed by atoms with Crippen LogP contribution in [0.1, 0.15) is 70.1 Å². The molecule has 1 N–H and O–H groups in total. The molecule has 1 saturated heterocycles. The third-order valence-corrected chi connectivity index (χ3v) is 7.74. The molecule has 0 bridgehead atoms. The van der Waals surface area contributed by atoms with Gasteiger partial charge in [-0.25, -0.2) is 9.59 Å². The van der Waals surface area contributed by atoms with Crippen LogP contribution in [0.3, 0.4) is 0 Å². The third-order valence-electron chi connectivity index (χ3n) is 7.74. The highest BCUT2D eigenvalue weighted by molar-refractivity contribution is 6.38. The van der Waals surface area contributed by atoms with Crippen LogP contribution in [-0.4, -0.2) is 67.0 Å². The van der Waals surface area contributed by atoms with E-state index >= 15 is 0 Å². The third kappa shape index (κ3) is 8.24. The predicted molar refractivity (Wildman–Crippen MR) is 155 cm³/mol. The van der Waals surface area contributed by atoms with Gasteiger partial charge < -0.3 is 29.0 Å². The molecule has 0 aromatic heterocycles. The van der Waals surface area contributed by atoms with Crippen LogP contribution < -0.4 is 14.2 Å². The standard InChI is InChI=1S/C32H41NO9/c1-6-32(2,3)29(36)30(37)33-18-8-7-9-24(33)31(38)42-25(22-12-14-23(15-13-22)41-20-28(34)35)16-10-21-11-17-26(39-4)27(19-21)40-5/h11-15,17,19,24-25H,6-10,16,18,20H2,1-5H3,(H,34,35)/t24-,25+/m0/s1. The molecule has 0 spiro atoms. The Labute approximate surface area is 246 Å². The molecule has 1 amide bonds. The van der Waals surface area contributed by atoms with Crippen molar-refractivity contribution in [1.29, 1.82) is 0 Å². The van der Waals surface area contributed by atoms with Crippen molar-refractivity contribution in [3.05, 3.63) is 53.6 Å². The number of amides is 1. The predicted octanol–water partition coefficient (Wildman–Crippen LogP) is 4.77. The van der Waals surface area contributed by atoms with Crippen molar-refractivity contribution in [2.45, 2.75) is 71.4 Å². The summed E-state index contributed by atoms with van der Waals surface area (Å²) < 4.78 is 22.1. The van der Waals surface area contributed by atoms with E-state index < -0.39 is 47.8 Å². The molecule has 2 atom stereocenters. The van der Waals surface area contributed by atoms with E-state index in [-0.39, 0.29) is 0 Å². The second-order valence-electron chi connectivity index (χ2n) is 11.0. The van der Waals surface area contributed by atoms with Gasteiger partial charge in [0.15, 0.2) is 18.1 Å². The van der Waals surface area contributed by atoms with E-state index in [4.69, 9.17) is 24.1 Å². The van der Waals surface area contributed by atoms with Crippen molar-refractivity contribution in [2.75, 3.05) is 27.4 Å². The number of benzene rings is 2. The molecule has 3 rings (SSSR count). The maximum atomic E-state index is 13.6. The lowest BCUT2D eigenvalue weighted by Crippen LogP contribution is -2.53. The van der Waals surface area contributed by atoms with Crippen LogP contribution in [0.5, 0.6) is 17.2 Å². The number of rotatable bonds is 14. The lowest BCUT2D eigenvalue weighted by Gasteiger charge is -2.36. The number of Topliss-reactive ketones (excluding diaryl/α,β-unsaturated/α-hetero) is 1. The Bertz CT molecular complexity index is 1260. The van der Waals surface area contributed by atoms with Gasteiger partial charge in [-0.1, -0.05) is 39.0 Å². The summed E-state index contributed by atoms with van der Waals surface area (Å²) in [7, 11) is 3.12. The Kier molecular flexibility index (Phi) is 11.4. The Hall–Kier alpha value is -4.08. The average Bonchev–Trinajstić information content (AvgIpc) is 3.01. The number of ether oxygens (including phenoxy) is 4. The van der Waals surface area contributed by atoms with E-state index in [1.54, 1.807) is 52.3 Å². The fourth-order valence-corrected chi connectivity index (χ4v) is 4.77. The highest BCUT2D eigenvalue weighted by Gasteiger charge is 2.41. The second-order valence-corrected chi connectivity index (χ2v) is 11.0. The van der Waals surface area contributed by atoms with Crippen molar-refractivity contribution in [1.82, 2.24) is 4.90 Å². The first-order valence-electron chi connectivity index (χ1n) is 14.2. The zero-order chi connectivity index (χ0) is 30.9. The normalized spacial score (nSPS) is 15.8. The number of methoxy groups -OCH3 is 2. The highest BCUT2D eigenvalue weighted by Crippen LogP contribution is 2.32. The minimum atomic E-state index is -1.09. The highest BCUT2D eigenvalue weighted by atomic mass is 16.5. The molecule has 42 heavy (non-hydrogen) atoms. The van der Waals surface area contributed by atoms with E-state index in [1.165, 1.54) is 4.90 Å². The molecule has 0 unspecified atom stereocenters. The van der Waals surface area contributed by atoms with Gasteiger partial charge in [-0.05, 0) is 73.9 Å². The molecule has 1 aliphatic rings. The van der Waals surface area contributed by atoms with E-state index in [9.17, 15) is 19.2 Å². The molecule has 1 heterocycles. The number of carbonyl (C=O) groups is 4. The molecule has 10 nitrogen and oxygen atoms in total. The van der Waals surface area contributed by atoms with Crippen molar-refractivity contribution >= 4 is 23.6 Å². The summed E-state index contributed by atoms with van der Waals surface area (Å²) in [6, 6.07) is 11.4. The zero-order valence-electron chi connectivity index (χ0n) is 25.0. The first-order chi connectivity index (χ1) is 20.0. The van der Waals surface area contributed by atoms with Crippen molar-refractivity contribution < 1.29 is 43.2 Å². The summed E-state index contributed by atoms with van der Waals surface area (Å²) in [6.45, 7) is 5.16. The summed E-state index contributed by atoms with van der Waals surface area (Å²) in [5, 5.41) is 8.89. The molecule has 0 radical (unpaired) electrons. The molecule has 2 aromatic rings. The molecule has 10 heteroatoms. The number of likely N-dealkylation sites (tertiary alicyclic amines) is 1. The number of hydrogen-bond donors (Lipinski definition) is 1. The van der Waals surface area contributed by atoms with E-state index in [0.29, 0.717) is 61.5 Å². The van der Waals surface area contributed by atoms with Crippen molar-refractivity contribution in [2.24, 2.45) is 5.41 Å². The van der Waals surface area contributed by atoms with Gasteiger partial charge in [0.2, 0.25) is 5.78 Å². The first-order valence-corrected chi connectivity index (χ1v) is 14.2. The van der Waals surface area contributed by atoms with E-state index in [2.05, 4.69) is 0 Å². The molecule has 1 aliphatic heterocycles. The number of carbonyl (C=O) groups excluding carboxylic acids is 3. The molecule has 0 saturated carbocycles. The average molecular weight is 584 g/mol. The number of carboxylic acids is 1. The number of carboxylic acid groups (broad SMARTS) is 1. The largest absolute Gasteiger partial charge is 0.493 e. The van der Waals surface area contributed by atoms with Crippen LogP contribution in [0.25, 0.3) is 0 Å². The van der Waals surface area contributed by atoms with Crippen LogP contribution in [0.15, 0.2) is 42.5 Å². The van der Waals surface area contributed by atoms with Gasteiger partial charge in [-0.3, -0.25) is 9.59 Å². The van der Waals surface area contributed by atoms with Gasteiger partial charge in [0, 0.05) is 12.0 Å². The van der Waals surface area contributed by atoms with Gasteiger partial charge in [0.25, 0.3) is 5.91 Å². The molecular weight excluding hydrogens is 542 g/mol. The van der Waals surface area contributed by atoms with Gasteiger partial charge in [-0.2, -0.15) is 0 Å². The monoisotopic (exact) mass is 583 g/mol. The fourth-order valence-electron chi connectivity index (χ4n) is 4.77. The minimum Gasteiger partial charge on any atom is -0.493 e. The maximum Gasteiger partial charge on any atom is 0.341 e. The van der Waals surface area contributed by atoms with Crippen LogP contribution in [-0.2, 0) is 30.3 Å². The summed E-state index contributed by atoms with van der Waals surface area (Å²) in [5.41, 5.74) is 0.801. The Morgan fingerprint density at radius 2 is 1.69 bits per heavy atom. The summed E-state index contributed by atoms with van der Waals surface area (Å²) >= 11 is 0. The van der Waals surface area contributed by atoms with Crippen LogP contribution in [0.4, 0.5) is 0 Å². The molecule has 1 fully saturated rings. The quantitative estimate of drug-likeness (QED) is 0.247. The minimum absolute atomic E-state index is 0.316. The summed E-state index contributed by atoms with van der Waals surface area (Å²) in [6.07, 6.45) is 2.63. The number of hydrogen-bond acceptors (Lipinski definition) is 8. The molecule has 0 aliphatic carbocycles. The van der Waals surface area contributed by atoms with Gasteiger partial charge >= 0.3 is 11.9 Å². The van der Waals surface area contributed by atoms with Crippen LogP contribution in [0.2, 0.25) is 0 Å². The number of piperidine rings is 1. The summed E-state index contributed by atoms with van der Waals surface area (Å²) in [4.78, 5) is 52.1.